The number of anilines is 1. The number of benzene rings is 4. The maximum absolute atomic E-state index is 15.2. The van der Waals surface area contributed by atoms with E-state index >= 15 is 9.59 Å². The van der Waals surface area contributed by atoms with Crippen LogP contribution < -0.4 is 20.4 Å². The predicted octanol–water partition coefficient (Wildman–Crippen LogP) is 4.33. The number of carbonyl (C=O) groups excluding carboxylic acids is 3. The number of hydrogen-bond acceptors (Lipinski definition) is 21. The molecule has 2 aliphatic heterocycles. The molecule has 0 bridgehead atoms. The normalized spacial score (nSPS) is 18.5. The Hall–Kier alpha value is -7.51. The van der Waals surface area contributed by atoms with Crippen molar-refractivity contribution in [1.82, 2.24) is 15.4 Å². The Kier molecular flexibility index (Phi) is 21.2. The molecule has 11 N–H and O–H groups in total. The lowest BCUT2D eigenvalue weighted by Crippen LogP contribution is -2.53. The van der Waals surface area contributed by atoms with E-state index in [-0.39, 0.29) is 125 Å². The van der Waals surface area contributed by atoms with Crippen LogP contribution >= 0.6 is 0 Å². The highest BCUT2D eigenvalue weighted by Gasteiger charge is 2.50. The van der Waals surface area contributed by atoms with Gasteiger partial charge in [-0.05, 0) is 116 Å². The first kappa shape index (κ1) is 75.3. The van der Waals surface area contributed by atoms with Gasteiger partial charge < -0.3 is 30.6 Å². The molecule has 8 rings (SSSR count). The molecule has 1 atom stereocenters. The van der Waals surface area contributed by atoms with Crippen molar-refractivity contribution in [3.05, 3.63) is 119 Å². The van der Waals surface area contributed by atoms with Crippen molar-refractivity contribution in [2.45, 2.75) is 109 Å². The van der Waals surface area contributed by atoms with Crippen molar-refractivity contribution in [2.75, 3.05) is 48.3 Å². The summed E-state index contributed by atoms with van der Waals surface area (Å²) in [6.07, 6.45) is 5.88. The van der Waals surface area contributed by atoms with Crippen LogP contribution in [0.4, 0.5) is 11.4 Å². The molecule has 5 aromatic rings. The summed E-state index contributed by atoms with van der Waals surface area (Å²) in [5.41, 5.74) is -3.79. The van der Waals surface area contributed by atoms with Gasteiger partial charge in [-0.15, -0.1) is 4.73 Å². The molecule has 1 unspecified atom stereocenters. The Morgan fingerprint density at radius 1 is 0.557 bits per heavy atom. The number of nitrogens with one attached hydrogen (secondary N) is 2. The number of fused-ring (bicyclic) bond motifs is 6. The average Bonchev–Trinajstić information content (AvgIpc) is 1.59. The molecule has 97 heavy (non-hydrogen) atoms. The number of aromatic hydroxyl groups is 2. The number of amides is 2. The zero-order chi connectivity index (χ0) is 72.2. The standard InChI is InChI=1S/C58H67N5O27S7/c1-56(2)47(61(23-8-25-91(69,70)71)43-15-13-39-41(52(43)56)29-37(94(78,79)80)31-45(39)96(84,85)86)17-11-35-28-36(34-58(33-35,55(68)60-22-27-93(75,76)77)54(67)59-21-7-5-6-10-51(66)90-63-49(64)19-20-50(63)65)12-18-48-57(3,4)53-42-30-38(95(81,82)83)32-46(97(87,88)89)40(42)14-16-44(53)62(48)24-9-26-92(72,73)74/h11-20,28-32H,5-10,21-27,33-34H2,1-4H3,(H10-,59,60,64,65,67,68,69,70,71,72,73,74,75,76,77,78,79,80,81,82,83,84,85,86,87,88,89)/p+1. The highest BCUT2D eigenvalue weighted by atomic mass is 32.2. The molecular weight excluding hydrogens is 1420 g/mol. The van der Waals surface area contributed by atoms with Crippen LogP contribution in [0.2, 0.25) is 0 Å². The molecular formula is C58H68N5O27S7+. The number of aromatic nitrogens is 1. The van der Waals surface area contributed by atoms with Crippen LogP contribution in [0, 0.1) is 5.41 Å². The van der Waals surface area contributed by atoms with Crippen molar-refractivity contribution < 1.29 is 125 Å². The lowest BCUT2D eigenvalue weighted by molar-refractivity contribution is -0.437. The van der Waals surface area contributed by atoms with Gasteiger partial charge >= 0.3 is 5.97 Å². The summed E-state index contributed by atoms with van der Waals surface area (Å²) in [5.74, 6) is -6.72. The van der Waals surface area contributed by atoms with Crippen molar-refractivity contribution in [2.24, 2.45) is 5.41 Å². The molecule has 3 heterocycles. The molecule has 0 spiro atoms. The monoisotopic (exact) mass is 1490 g/mol. The van der Waals surface area contributed by atoms with E-state index in [0.717, 1.165) is 24.3 Å². The van der Waals surface area contributed by atoms with E-state index in [2.05, 4.69) is 10.6 Å². The molecule has 0 saturated carbocycles. The summed E-state index contributed by atoms with van der Waals surface area (Å²) in [5, 5.41) is 24.2. The fraction of sp³-hybridized carbons (Fsp3) is 0.379. The number of allylic oxidation sites excluding steroid dienone is 8. The fourth-order valence-electron chi connectivity index (χ4n) is 12.5. The minimum Gasteiger partial charge on any atom is -0.492 e. The van der Waals surface area contributed by atoms with Crippen LogP contribution in [-0.4, -0.2) is 177 Å². The average molecular weight is 1490 g/mol. The molecule has 0 saturated heterocycles. The van der Waals surface area contributed by atoms with Gasteiger partial charge in [-0.3, -0.25) is 41.5 Å². The van der Waals surface area contributed by atoms with Gasteiger partial charge in [-0.2, -0.15) is 63.5 Å². The lowest BCUT2D eigenvalue weighted by atomic mass is 9.70. The molecule has 0 radical (unpaired) electrons. The zero-order valence-corrected chi connectivity index (χ0v) is 57.6. The first-order valence-electron chi connectivity index (χ1n) is 29.1. The molecule has 1 aromatic heterocycles. The van der Waals surface area contributed by atoms with Crippen LogP contribution in [0.15, 0.2) is 127 Å². The predicted molar refractivity (Wildman–Crippen MR) is 348 cm³/mol. The highest BCUT2D eigenvalue weighted by Crippen LogP contribution is 2.53. The Bertz CT molecular complexity index is 5110. The van der Waals surface area contributed by atoms with Crippen LogP contribution in [0.1, 0.15) is 90.2 Å². The number of carbonyl (C=O) groups is 3. The molecule has 3 aliphatic rings. The summed E-state index contributed by atoms with van der Waals surface area (Å²) in [7, 11) is -34.9. The van der Waals surface area contributed by atoms with Gasteiger partial charge in [-0.25, -0.2) is 4.79 Å². The second-order valence-corrected chi connectivity index (χ2v) is 34.6. The van der Waals surface area contributed by atoms with Crippen molar-refractivity contribution in [1.29, 1.82) is 0 Å². The number of hydrogen-bond donors (Lipinski definition) is 11. The molecule has 32 nitrogen and oxygen atoms in total. The summed E-state index contributed by atoms with van der Waals surface area (Å²) in [6, 6.07) is 10.4. The molecule has 2 amide bonds. The van der Waals surface area contributed by atoms with E-state index in [9.17, 15) is 106 Å². The van der Waals surface area contributed by atoms with Crippen molar-refractivity contribution >= 4 is 127 Å². The number of rotatable bonds is 27. The molecule has 39 heteroatoms. The van der Waals surface area contributed by atoms with Gasteiger partial charge in [-0.1, -0.05) is 44.6 Å². The van der Waals surface area contributed by atoms with Gasteiger partial charge in [0.05, 0.1) is 32.5 Å². The molecule has 1 aliphatic carbocycles. The maximum atomic E-state index is 15.2. The van der Waals surface area contributed by atoms with Gasteiger partial charge in [0.1, 0.15) is 21.8 Å². The highest BCUT2D eigenvalue weighted by molar-refractivity contribution is 7.87. The maximum Gasteiger partial charge on any atom is 0.333 e. The largest absolute Gasteiger partial charge is 0.492 e. The summed E-state index contributed by atoms with van der Waals surface area (Å²) >= 11 is 0. The smallest absolute Gasteiger partial charge is 0.333 e. The summed E-state index contributed by atoms with van der Waals surface area (Å²) in [4.78, 5) is 45.7. The van der Waals surface area contributed by atoms with E-state index in [1.807, 2.05) is 0 Å². The Morgan fingerprint density at radius 3 is 1.62 bits per heavy atom. The molecule has 0 fully saturated rings. The van der Waals surface area contributed by atoms with Gasteiger partial charge in [0.2, 0.25) is 29.3 Å². The van der Waals surface area contributed by atoms with Gasteiger partial charge in [0.15, 0.2) is 5.71 Å². The molecule has 4 aromatic carbocycles. The molecule has 528 valence electrons. The first-order chi connectivity index (χ1) is 44.5. The number of nitrogens with zero attached hydrogens (tertiary/aromatic N) is 3. The second-order valence-electron chi connectivity index (χ2n) is 24.3. The van der Waals surface area contributed by atoms with Crippen molar-refractivity contribution in [3.63, 3.8) is 0 Å². The van der Waals surface area contributed by atoms with E-state index in [4.69, 9.17) is 4.84 Å². The summed E-state index contributed by atoms with van der Waals surface area (Å²) < 4.78 is 247. The van der Waals surface area contributed by atoms with E-state index in [1.54, 1.807) is 37.2 Å². The van der Waals surface area contributed by atoms with Crippen LogP contribution in [0.3, 0.4) is 0 Å². The van der Waals surface area contributed by atoms with Crippen LogP contribution in [0.5, 0.6) is 11.8 Å². The third kappa shape index (κ3) is 17.0. The zero-order valence-electron chi connectivity index (χ0n) is 51.8. The van der Waals surface area contributed by atoms with Gasteiger partial charge in [0.25, 0.3) is 70.8 Å². The van der Waals surface area contributed by atoms with Crippen molar-refractivity contribution in [3.8, 4) is 11.8 Å². The minimum absolute atomic E-state index is 0.110. The Labute approximate surface area is 557 Å². The first-order valence-corrected chi connectivity index (χ1v) is 39.7. The van der Waals surface area contributed by atoms with E-state index in [1.165, 1.54) is 54.6 Å². The Morgan fingerprint density at radius 2 is 1.08 bits per heavy atom. The quantitative estimate of drug-likeness (QED) is 0.0151. The summed E-state index contributed by atoms with van der Waals surface area (Å²) in [6.45, 7) is 4.94. The third-order valence-corrected chi connectivity index (χ3v) is 22.4. The minimum atomic E-state index is -5.23. The lowest BCUT2D eigenvalue weighted by Gasteiger charge is -2.35. The van der Waals surface area contributed by atoms with Crippen LogP contribution in [-0.2, 0) is 96.0 Å². The second kappa shape index (κ2) is 27.3. The van der Waals surface area contributed by atoms with Gasteiger partial charge in [0, 0.05) is 89.9 Å². The Balaban J connectivity index is 1.32. The van der Waals surface area contributed by atoms with Crippen LogP contribution in [0.25, 0.3) is 21.5 Å². The van der Waals surface area contributed by atoms with E-state index < -0.39 is 173 Å². The SMILES string of the molecule is CC1(C)C(/C=C/C2=CC(=C/C=C3/N(CCCS(=O)(=O)O)c4ccc5c(S(=O)(=O)O)cc(S(=O)(=O)O)cc5c4C3(C)C)/CC(C(=O)NCCCCCC(=O)On3c(O)ccc3O)(C(=O)NCCS(=O)(=O)O)C2)=[N+](CCCS(=O)(=O)O)c2ccc3c(S(=O)(=O)O)cc(S(=O)(=O)O)cc3c21. The topological polar surface area (TPSA) is 517 Å². The number of unbranched alkanes of at least 4 members (excludes halogenated alkanes) is 2. The van der Waals surface area contributed by atoms with E-state index in [0.29, 0.717) is 16.9 Å². The fourth-order valence-corrected chi connectivity index (χ4v) is 16.5. The third-order valence-electron chi connectivity index (χ3n) is 16.7.